The second-order valence-corrected chi connectivity index (χ2v) is 14.3. The number of hydrogen-bond donors (Lipinski definition) is 2. The standard InChI is InChI=1S/C37H50N8O3/c1-41-16-10-31(11-17-41)42-14-4-15-44(22-21-42)36(47)29(23-27-7-8-34-30(24-27)26-38-40-34)25-35(46)43-18-12-32(13-19-43)45-20-9-28-5-2-3-6-33(28)39-37(45)48/h2-3,5-8,24,26,29,31-32H,4,9-23,25H2,1H3,(H,38,40)(H,39,48). The molecule has 2 N–H and O–H groups in total. The van der Waals surface area contributed by atoms with E-state index in [1.165, 1.54) is 12.8 Å². The maximum atomic E-state index is 14.3. The number of benzene rings is 2. The first-order valence-electron chi connectivity index (χ1n) is 18.0. The van der Waals surface area contributed by atoms with Crippen LogP contribution < -0.4 is 5.32 Å². The number of likely N-dealkylation sites (tertiary alicyclic amines) is 2. The van der Waals surface area contributed by atoms with E-state index in [0.717, 1.165) is 86.1 Å². The number of hydrogen-bond acceptors (Lipinski definition) is 6. The first-order valence-corrected chi connectivity index (χ1v) is 18.0. The Morgan fingerprint density at radius 2 is 1.67 bits per heavy atom. The van der Waals surface area contributed by atoms with E-state index in [-0.39, 0.29) is 30.3 Å². The molecule has 1 atom stereocenters. The minimum absolute atomic E-state index is 0.0340. The van der Waals surface area contributed by atoms with E-state index in [0.29, 0.717) is 38.6 Å². The van der Waals surface area contributed by atoms with Crippen LogP contribution in [0, 0.1) is 5.92 Å². The summed E-state index contributed by atoms with van der Waals surface area (Å²) < 4.78 is 0. The molecule has 1 unspecified atom stereocenters. The summed E-state index contributed by atoms with van der Waals surface area (Å²) in [4.78, 5) is 52.2. The summed E-state index contributed by atoms with van der Waals surface area (Å²) in [6.07, 6.45) is 8.15. The van der Waals surface area contributed by atoms with Crippen molar-refractivity contribution < 1.29 is 14.4 Å². The van der Waals surface area contributed by atoms with E-state index >= 15 is 0 Å². The molecule has 2 aromatic carbocycles. The summed E-state index contributed by atoms with van der Waals surface area (Å²) in [5.74, 6) is -0.299. The third kappa shape index (κ3) is 7.37. The van der Waals surface area contributed by atoms with Gasteiger partial charge >= 0.3 is 6.03 Å². The Bertz CT molecular complexity index is 1590. The molecule has 3 saturated heterocycles. The molecule has 5 heterocycles. The minimum Gasteiger partial charge on any atom is -0.343 e. The first kappa shape index (κ1) is 32.6. The topological polar surface area (TPSA) is 108 Å². The Kier molecular flexibility index (Phi) is 9.95. The SMILES string of the molecule is CN1CCC(N2CCCN(C(=O)C(CC(=O)N3CCC(N4CCc5ccccc5NC4=O)CC3)Cc3ccc4[nH]ncc4c3)CC2)CC1. The van der Waals surface area contributed by atoms with Crippen molar-refractivity contribution in [1.82, 2.24) is 34.7 Å². The maximum absolute atomic E-state index is 14.3. The summed E-state index contributed by atoms with van der Waals surface area (Å²) in [6.45, 7) is 7.49. The predicted octanol–water partition coefficient (Wildman–Crippen LogP) is 3.82. The zero-order valence-electron chi connectivity index (χ0n) is 28.3. The van der Waals surface area contributed by atoms with E-state index < -0.39 is 5.92 Å². The van der Waals surface area contributed by atoms with Gasteiger partial charge in [0.25, 0.3) is 0 Å². The Morgan fingerprint density at radius 3 is 2.50 bits per heavy atom. The van der Waals surface area contributed by atoms with Gasteiger partial charge < -0.3 is 24.9 Å². The minimum atomic E-state index is -0.427. The van der Waals surface area contributed by atoms with Crippen LogP contribution in [-0.4, -0.2) is 131 Å². The second-order valence-electron chi connectivity index (χ2n) is 14.3. The summed E-state index contributed by atoms with van der Waals surface area (Å²) in [5.41, 5.74) is 4.05. The molecule has 48 heavy (non-hydrogen) atoms. The fourth-order valence-electron chi connectivity index (χ4n) is 8.30. The largest absolute Gasteiger partial charge is 0.343 e. The smallest absolute Gasteiger partial charge is 0.322 e. The number of nitrogens with one attached hydrogen (secondary N) is 2. The number of amides is 4. The Hall–Kier alpha value is -3.96. The Labute approximate surface area is 283 Å². The van der Waals surface area contributed by atoms with Crippen molar-refractivity contribution in [2.75, 3.05) is 71.3 Å². The van der Waals surface area contributed by atoms with Crippen LogP contribution in [0.3, 0.4) is 0 Å². The van der Waals surface area contributed by atoms with Crippen LogP contribution in [0.25, 0.3) is 10.9 Å². The summed E-state index contributed by atoms with van der Waals surface area (Å²) in [7, 11) is 2.19. The van der Waals surface area contributed by atoms with Crippen LogP contribution in [-0.2, 0) is 22.4 Å². The molecule has 4 aliphatic rings. The molecule has 7 rings (SSSR count). The molecule has 3 fully saturated rings. The fourth-order valence-corrected chi connectivity index (χ4v) is 8.30. The van der Waals surface area contributed by atoms with Gasteiger partial charge in [-0.15, -0.1) is 0 Å². The van der Waals surface area contributed by atoms with Crippen LogP contribution in [0.1, 0.15) is 49.7 Å². The van der Waals surface area contributed by atoms with Crippen molar-refractivity contribution in [2.45, 2.75) is 63.5 Å². The predicted molar refractivity (Wildman–Crippen MR) is 187 cm³/mol. The first-order chi connectivity index (χ1) is 23.4. The van der Waals surface area contributed by atoms with Crippen molar-refractivity contribution in [3.63, 3.8) is 0 Å². The zero-order chi connectivity index (χ0) is 33.0. The Morgan fingerprint density at radius 1 is 0.875 bits per heavy atom. The number of aromatic nitrogens is 2. The highest BCUT2D eigenvalue weighted by molar-refractivity contribution is 5.91. The molecule has 0 radical (unpaired) electrons. The molecular formula is C37H50N8O3. The average Bonchev–Trinajstić information content (AvgIpc) is 3.33. The summed E-state index contributed by atoms with van der Waals surface area (Å²) in [6, 6.07) is 14.8. The molecule has 1 aromatic heterocycles. The summed E-state index contributed by atoms with van der Waals surface area (Å²) in [5, 5.41) is 11.3. The molecule has 11 heteroatoms. The van der Waals surface area contributed by atoms with Gasteiger partial charge in [0.1, 0.15) is 0 Å². The van der Waals surface area contributed by atoms with E-state index in [9.17, 15) is 14.4 Å². The molecule has 0 spiro atoms. The highest BCUT2D eigenvalue weighted by Gasteiger charge is 2.35. The van der Waals surface area contributed by atoms with E-state index in [2.05, 4.69) is 44.5 Å². The van der Waals surface area contributed by atoms with Crippen molar-refractivity contribution in [1.29, 1.82) is 0 Å². The van der Waals surface area contributed by atoms with Crippen molar-refractivity contribution >= 4 is 34.4 Å². The van der Waals surface area contributed by atoms with Gasteiger partial charge in [-0.1, -0.05) is 24.3 Å². The lowest BCUT2D eigenvalue weighted by Gasteiger charge is -2.38. The number of fused-ring (bicyclic) bond motifs is 2. The molecule has 0 bridgehead atoms. The molecule has 4 amide bonds. The molecule has 4 aliphatic heterocycles. The molecule has 256 valence electrons. The number of para-hydroxylation sites is 1. The quantitative estimate of drug-likeness (QED) is 0.401. The van der Waals surface area contributed by atoms with Gasteiger partial charge in [-0.25, -0.2) is 4.79 Å². The molecule has 11 nitrogen and oxygen atoms in total. The molecular weight excluding hydrogens is 604 g/mol. The zero-order valence-corrected chi connectivity index (χ0v) is 28.3. The van der Waals surface area contributed by atoms with Gasteiger partial charge in [0.2, 0.25) is 11.8 Å². The van der Waals surface area contributed by atoms with E-state index in [4.69, 9.17) is 0 Å². The van der Waals surface area contributed by atoms with Crippen LogP contribution in [0.15, 0.2) is 48.7 Å². The maximum Gasteiger partial charge on any atom is 0.322 e. The highest BCUT2D eigenvalue weighted by atomic mass is 16.2. The number of urea groups is 1. The number of carbonyl (C=O) groups excluding carboxylic acids is 3. The van der Waals surface area contributed by atoms with Gasteiger partial charge in [0.15, 0.2) is 0 Å². The molecule has 3 aromatic rings. The number of anilines is 1. The number of piperidine rings is 2. The van der Waals surface area contributed by atoms with E-state index in [1.54, 1.807) is 6.20 Å². The third-order valence-corrected chi connectivity index (χ3v) is 11.2. The average molecular weight is 655 g/mol. The second kappa shape index (κ2) is 14.7. The highest BCUT2D eigenvalue weighted by Crippen LogP contribution is 2.27. The number of carbonyl (C=O) groups is 3. The van der Waals surface area contributed by atoms with Crippen LogP contribution in [0.4, 0.5) is 10.5 Å². The van der Waals surface area contributed by atoms with Crippen molar-refractivity contribution in [3.8, 4) is 0 Å². The van der Waals surface area contributed by atoms with Gasteiger partial charge in [0, 0.05) is 75.4 Å². The van der Waals surface area contributed by atoms with Crippen molar-refractivity contribution in [2.24, 2.45) is 5.92 Å². The number of H-pyrrole nitrogens is 1. The van der Waals surface area contributed by atoms with Gasteiger partial charge in [-0.05, 0) is 94.4 Å². The van der Waals surface area contributed by atoms with Gasteiger partial charge in [0.05, 0.1) is 17.6 Å². The normalized spacial score (nSPS) is 21.4. The van der Waals surface area contributed by atoms with E-state index in [1.807, 2.05) is 45.0 Å². The van der Waals surface area contributed by atoms with Gasteiger partial charge in [-0.2, -0.15) is 5.10 Å². The lowest BCUT2D eigenvalue weighted by molar-refractivity contribution is -0.142. The number of aromatic amines is 1. The molecule has 0 saturated carbocycles. The fraction of sp³-hybridized carbons (Fsp3) is 0.568. The van der Waals surface area contributed by atoms with Crippen LogP contribution in [0.5, 0.6) is 0 Å². The lowest BCUT2D eigenvalue weighted by Crippen LogP contribution is -2.50. The number of nitrogens with zero attached hydrogens (tertiary/aromatic N) is 6. The lowest BCUT2D eigenvalue weighted by atomic mass is 9.92. The number of rotatable bonds is 7. The van der Waals surface area contributed by atoms with Crippen LogP contribution >= 0.6 is 0 Å². The summed E-state index contributed by atoms with van der Waals surface area (Å²) >= 11 is 0. The third-order valence-electron chi connectivity index (χ3n) is 11.2. The molecule has 0 aliphatic carbocycles. The van der Waals surface area contributed by atoms with Gasteiger partial charge in [-0.3, -0.25) is 19.6 Å². The van der Waals surface area contributed by atoms with Crippen LogP contribution in [0.2, 0.25) is 0 Å². The Balaban J connectivity index is 0.994. The monoisotopic (exact) mass is 654 g/mol. The van der Waals surface area contributed by atoms with Crippen molar-refractivity contribution in [3.05, 3.63) is 59.8 Å².